The van der Waals surface area contributed by atoms with Crippen molar-refractivity contribution in [2.24, 2.45) is 5.73 Å². The standard InChI is InChI=1S/C6H13F2N3O/c1-11(2)5(12)10-4-6(7,8)3-9/h3-4,9H2,1-2H3,(H,10,12). The summed E-state index contributed by atoms with van der Waals surface area (Å²) in [4.78, 5) is 11.9. The first-order valence-electron chi connectivity index (χ1n) is 3.42. The molecule has 3 N–H and O–H groups in total. The topological polar surface area (TPSA) is 58.4 Å². The number of nitrogens with one attached hydrogen (secondary N) is 1. The van der Waals surface area contributed by atoms with E-state index in [1.165, 1.54) is 19.0 Å². The van der Waals surface area contributed by atoms with Gasteiger partial charge in [0.2, 0.25) is 0 Å². The van der Waals surface area contributed by atoms with Crippen molar-refractivity contribution in [2.75, 3.05) is 27.2 Å². The van der Waals surface area contributed by atoms with E-state index in [-0.39, 0.29) is 0 Å². The summed E-state index contributed by atoms with van der Waals surface area (Å²) in [6.45, 7) is -1.48. The van der Waals surface area contributed by atoms with Gasteiger partial charge in [0.05, 0.1) is 13.1 Å². The lowest BCUT2D eigenvalue weighted by molar-refractivity contribution is 0.0136. The lowest BCUT2D eigenvalue weighted by Gasteiger charge is -2.17. The molecule has 0 aromatic carbocycles. The third-order valence-corrected chi connectivity index (χ3v) is 1.20. The normalized spacial score (nSPS) is 11.1. The molecule has 0 atom stereocenters. The van der Waals surface area contributed by atoms with E-state index in [1.54, 1.807) is 0 Å². The third kappa shape index (κ3) is 4.07. The summed E-state index contributed by atoms with van der Waals surface area (Å²) in [5, 5.41) is 2.03. The largest absolute Gasteiger partial charge is 0.332 e. The van der Waals surface area contributed by atoms with Gasteiger partial charge in [-0.05, 0) is 0 Å². The van der Waals surface area contributed by atoms with Gasteiger partial charge >= 0.3 is 6.03 Å². The fourth-order valence-corrected chi connectivity index (χ4v) is 0.435. The van der Waals surface area contributed by atoms with Crippen LogP contribution in [0.5, 0.6) is 0 Å². The monoisotopic (exact) mass is 181 g/mol. The van der Waals surface area contributed by atoms with Gasteiger partial charge in [-0.1, -0.05) is 0 Å². The van der Waals surface area contributed by atoms with Gasteiger partial charge in [0.15, 0.2) is 0 Å². The zero-order chi connectivity index (χ0) is 9.78. The number of rotatable bonds is 3. The average Bonchev–Trinajstić information content (AvgIpc) is 2.00. The van der Waals surface area contributed by atoms with Crippen LogP contribution in [0.1, 0.15) is 0 Å². The molecule has 4 nitrogen and oxygen atoms in total. The van der Waals surface area contributed by atoms with Crippen molar-refractivity contribution in [3.05, 3.63) is 0 Å². The average molecular weight is 181 g/mol. The second-order valence-electron chi connectivity index (χ2n) is 2.61. The number of nitrogens with zero attached hydrogens (tertiary/aromatic N) is 1. The van der Waals surface area contributed by atoms with Crippen molar-refractivity contribution in [3.63, 3.8) is 0 Å². The predicted molar refractivity (Wildman–Crippen MR) is 41.1 cm³/mol. The Hall–Kier alpha value is -0.910. The fourth-order valence-electron chi connectivity index (χ4n) is 0.435. The van der Waals surface area contributed by atoms with Crippen LogP contribution in [-0.4, -0.2) is 44.0 Å². The Labute approximate surface area is 69.7 Å². The SMILES string of the molecule is CN(C)C(=O)NCC(F)(F)CN. The first kappa shape index (κ1) is 11.1. The molecule has 0 aliphatic heterocycles. The molecule has 0 radical (unpaired) electrons. The van der Waals surface area contributed by atoms with Crippen LogP contribution < -0.4 is 11.1 Å². The van der Waals surface area contributed by atoms with E-state index in [9.17, 15) is 13.6 Å². The molecule has 0 saturated heterocycles. The van der Waals surface area contributed by atoms with Gasteiger partial charge in [-0.3, -0.25) is 0 Å². The molecule has 0 aliphatic rings. The Bertz CT molecular complexity index is 161. The van der Waals surface area contributed by atoms with Crippen molar-refractivity contribution in [2.45, 2.75) is 5.92 Å². The molecular formula is C6H13F2N3O. The summed E-state index contributed by atoms with van der Waals surface area (Å²) in [5.41, 5.74) is 4.75. The van der Waals surface area contributed by atoms with Crippen molar-refractivity contribution in [3.8, 4) is 0 Å². The lowest BCUT2D eigenvalue weighted by atomic mass is 10.3. The Morgan fingerprint density at radius 2 is 2.08 bits per heavy atom. The van der Waals surface area contributed by atoms with Crippen LogP contribution in [0.25, 0.3) is 0 Å². The third-order valence-electron chi connectivity index (χ3n) is 1.20. The number of alkyl halides is 2. The smallest absolute Gasteiger partial charge is 0.317 e. The predicted octanol–water partition coefficient (Wildman–Crippen LogP) is -0.148. The van der Waals surface area contributed by atoms with Gasteiger partial charge in [-0.2, -0.15) is 0 Å². The molecule has 0 unspecified atom stereocenters. The van der Waals surface area contributed by atoms with Crippen LogP contribution in [-0.2, 0) is 0 Å². The summed E-state index contributed by atoms with van der Waals surface area (Å²) in [6.07, 6.45) is 0. The highest BCUT2D eigenvalue weighted by Gasteiger charge is 2.27. The summed E-state index contributed by atoms with van der Waals surface area (Å²) in [6, 6.07) is -0.553. The van der Waals surface area contributed by atoms with Crippen LogP contribution in [0.2, 0.25) is 0 Å². The van der Waals surface area contributed by atoms with Crippen LogP contribution in [0.4, 0.5) is 13.6 Å². The molecule has 0 aromatic rings. The minimum Gasteiger partial charge on any atom is -0.332 e. The number of nitrogens with two attached hydrogens (primary N) is 1. The van der Waals surface area contributed by atoms with E-state index in [1.807, 2.05) is 5.32 Å². The van der Waals surface area contributed by atoms with Gasteiger partial charge in [0.1, 0.15) is 0 Å². The van der Waals surface area contributed by atoms with Crippen molar-refractivity contribution >= 4 is 6.03 Å². The number of carbonyl (C=O) groups is 1. The Kier molecular flexibility index (Phi) is 3.88. The first-order valence-corrected chi connectivity index (χ1v) is 3.42. The Morgan fingerprint density at radius 1 is 1.58 bits per heavy atom. The van der Waals surface area contributed by atoms with E-state index < -0.39 is 25.0 Å². The zero-order valence-corrected chi connectivity index (χ0v) is 7.10. The maximum absolute atomic E-state index is 12.4. The molecule has 0 saturated carbocycles. The minimum atomic E-state index is -3.02. The summed E-state index contributed by atoms with van der Waals surface area (Å²) in [5.74, 6) is -3.02. The van der Waals surface area contributed by atoms with Gasteiger partial charge in [0, 0.05) is 14.1 Å². The van der Waals surface area contributed by atoms with Crippen LogP contribution >= 0.6 is 0 Å². The highest BCUT2D eigenvalue weighted by molar-refractivity contribution is 5.73. The molecule has 0 spiro atoms. The quantitative estimate of drug-likeness (QED) is 0.636. The fraction of sp³-hybridized carbons (Fsp3) is 0.833. The molecule has 6 heteroatoms. The maximum Gasteiger partial charge on any atom is 0.317 e. The number of hydrogen-bond donors (Lipinski definition) is 2. The van der Waals surface area contributed by atoms with Crippen molar-refractivity contribution < 1.29 is 13.6 Å². The molecule has 0 aromatic heterocycles. The van der Waals surface area contributed by atoms with Gasteiger partial charge in [-0.15, -0.1) is 0 Å². The molecule has 2 amide bonds. The number of carbonyl (C=O) groups excluding carboxylic acids is 1. The highest BCUT2D eigenvalue weighted by Crippen LogP contribution is 2.08. The van der Waals surface area contributed by atoms with Gasteiger partial charge in [-0.25, -0.2) is 13.6 Å². The molecule has 0 rings (SSSR count). The molecule has 0 bridgehead atoms. The highest BCUT2D eigenvalue weighted by atomic mass is 19.3. The van der Waals surface area contributed by atoms with Crippen molar-refractivity contribution in [1.82, 2.24) is 10.2 Å². The van der Waals surface area contributed by atoms with Crippen LogP contribution in [0, 0.1) is 0 Å². The summed E-state index contributed by atoms with van der Waals surface area (Å²) >= 11 is 0. The van der Waals surface area contributed by atoms with Crippen molar-refractivity contribution in [1.29, 1.82) is 0 Å². The van der Waals surface area contributed by atoms with E-state index in [0.29, 0.717) is 0 Å². The first-order chi connectivity index (χ1) is 5.39. The second kappa shape index (κ2) is 4.20. The number of urea groups is 1. The van der Waals surface area contributed by atoms with Gasteiger partial charge < -0.3 is 16.0 Å². The van der Waals surface area contributed by atoms with E-state index >= 15 is 0 Å². The zero-order valence-electron chi connectivity index (χ0n) is 7.10. The summed E-state index contributed by atoms with van der Waals surface area (Å²) in [7, 11) is 2.94. The number of amides is 2. The Balaban J connectivity index is 3.76. The second-order valence-corrected chi connectivity index (χ2v) is 2.61. The molecule has 0 heterocycles. The maximum atomic E-state index is 12.4. The van der Waals surface area contributed by atoms with E-state index in [0.717, 1.165) is 0 Å². The molecule has 0 fully saturated rings. The Morgan fingerprint density at radius 3 is 2.42 bits per heavy atom. The number of halogens is 2. The van der Waals surface area contributed by atoms with Crippen LogP contribution in [0.3, 0.4) is 0 Å². The van der Waals surface area contributed by atoms with E-state index in [2.05, 4.69) is 0 Å². The molecular weight excluding hydrogens is 168 g/mol. The van der Waals surface area contributed by atoms with Crippen LogP contribution in [0.15, 0.2) is 0 Å². The molecule has 0 aliphatic carbocycles. The van der Waals surface area contributed by atoms with Gasteiger partial charge in [0.25, 0.3) is 5.92 Å². The number of hydrogen-bond acceptors (Lipinski definition) is 2. The lowest BCUT2D eigenvalue weighted by Crippen LogP contribution is -2.44. The summed E-state index contributed by atoms with van der Waals surface area (Å²) < 4.78 is 24.8. The molecule has 72 valence electrons. The minimum absolute atomic E-state index is 0.553. The van der Waals surface area contributed by atoms with E-state index in [4.69, 9.17) is 5.73 Å². The molecule has 12 heavy (non-hydrogen) atoms.